The Kier molecular flexibility index (Phi) is 2.33. The summed E-state index contributed by atoms with van der Waals surface area (Å²) in [6, 6.07) is 12.2. The number of aromatic nitrogens is 4. The van der Waals surface area contributed by atoms with Gasteiger partial charge in [0.25, 0.3) is 0 Å². The Morgan fingerprint density at radius 3 is 3.00 bits per heavy atom. The minimum atomic E-state index is 0.704. The molecule has 0 unspecified atom stereocenters. The summed E-state index contributed by atoms with van der Waals surface area (Å²) in [6.45, 7) is 2.79. The SMILES string of the molecule is Cc1cccc(Cn2nnc3cccnc32)c1. The van der Waals surface area contributed by atoms with Crippen molar-refractivity contribution in [2.75, 3.05) is 0 Å². The summed E-state index contributed by atoms with van der Waals surface area (Å²) in [5.41, 5.74) is 4.12. The average molecular weight is 224 g/mol. The molecule has 84 valence electrons. The lowest BCUT2D eigenvalue weighted by atomic mass is 10.1. The molecule has 4 nitrogen and oxygen atoms in total. The number of hydrogen-bond acceptors (Lipinski definition) is 3. The molecule has 3 aromatic rings. The van der Waals surface area contributed by atoms with Gasteiger partial charge in [-0.15, -0.1) is 5.10 Å². The van der Waals surface area contributed by atoms with Crippen LogP contribution in [0, 0.1) is 6.92 Å². The van der Waals surface area contributed by atoms with Gasteiger partial charge in [-0.2, -0.15) is 0 Å². The van der Waals surface area contributed by atoms with Crippen molar-refractivity contribution in [1.29, 1.82) is 0 Å². The van der Waals surface area contributed by atoms with Crippen molar-refractivity contribution in [2.24, 2.45) is 0 Å². The maximum atomic E-state index is 4.30. The Bertz CT molecular complexity index is 657. The van der Waals surface area contributed by atoms with E-state index in [0.717, 1.165) is 11.2 Å². The van der Waals surface area contributed by atoms with Gasteiger partial charge in [-0.1, -0.05) is 35.0 Å². The lowest BCUT2D eigenvalue weighted by molar-refractivity contribution is 0.664. The van der Waals surface area contributed by atoms with Gasteiger partial charge >= 0.3 is 0 Å². The van der Waals surface area contributed by atoms with Crippen LogP contribution in [0.3, 0.4) is 0 Å². The summed E-state index contributed by atoms with van der Waals surface area (Å²) < 4.78 is 1.82. The molecular formula is C13H12N4. The van der Waals surface area contributed by atoms with Crippen LogP contribution in [-0.4, -0.2) is 20.0 Å². The molecule has 2 aromatic heterocycles. The predicted octanol–water partition coefficient (Wildman–Crippen LogP) is 2.18. The van der Waals surface area contributed by atoms with E-state index in [2.05, 4.69) is 46.5 Å². The highest BCUT2D eigenvalue weighted by Crippen LogP contribution is 2.10. The maximum absolute atomic E-state index is 4.30. The first kappa shape index (κ1) is 9.96. The second-order valence-corrected chi connectivity index (χ2v) is 4.08. The van der Waals surface area contributed by atoms with Crippen LogP contribution in [0.15, 0.2) is 42.6 Å². The van der Waals surface area contributed by atoms with Gasteiger partial charge in [-0.05, 0) is 24.6 Å². The van der Waals surface area contributed by atoms with Crippen LogP contribution < -0.4 is 0 Å². The van der Waals surface area contributed by atoms with Crippen LogP contribution in [0.5, 0.6) is 0 Å². The van der Waals surface area contributed by atoms with Gasteiger partial charge in [0.05, 0.1) is 6.54 Å². The molecule has 2 heterocycles. The molecule has 0 saturated heterocycles. The lowest BCUT2D eigenvalue weighted by Crippen LogP contribution is -2.02. The van der Waals surface area contributed by atoms with E-state index >= 15 is 0 Å². The van der Waals surface area contributed by atoms with Crippen LogP contribution in [0.1, 0.15) is 11.1 Å². The van der Waals surface area contributed by atoms with Crippen LogP contribution in [-0.2, 0) is 6.54 Å². The number of rotatable bonds is 2. The van der Waals surface area contributed by atoms with Gasteiger partial charge in [-0.3, -0.25) is 0 Å². The van der Waals surface area contributed by atoms with Gasteiger partial charge in [0.15, 0.2) is 5.65 Å². The van der Waals surface area contributed by atoms with Gasteiger partial charge in [-0.25, -0.2) is 9.67 Å². The molecule has 3 rings (SSSR count). The van der Waals surface area contributed by atoms with E-state index in [-0.39, 0.29) is 0 Å². The molecule has 0 aliphatic carbocycles. The molecular weight excluding hydrogens is 212 g/mol. The monoisotopic (exact) mass is 224 g/mol. The van der Waals surface area contributed by atoms with E-state index < -0.39 is 0 Å². The fourth-order valence-corrected chi connectivity index (χ4v) is 1.90. The molecule has 0 aliphatic heterocycles. The fourth-order valence-electron chi connectivity index (χ4n) is 1.90. The average Bonchev–Trinajstić information content (AvgIpc) is 2.73. The Morgan fingerprint density at radius 2 is 2.12 bits per heavy atom. The summed E-state index contributed by atoms with van der Waals surface area (Å²) in [4.78, 5) is 4.30. The number of benzene rings is 1. The second kappa shape index (κ2) is 3.97. The molecule has 0 radical (unpaired) electrons. The van der Waals surface area contributed by atoms with Gasteiger partial charge in [0.1, 0.15) is 5.52 Å². The van der Waals surface area contributed by atoms with Gasteiger partial charge in [0.2, 0.25) is 0 Å². The summed E-state index contributed by atoms with van der Waals surface area (Å²) in [5, 5.41) is 8.21. The summed E-state index contributed by atoms with van der Waals surface area (Å²) in [5.74, 6) is 0. The first-order valence-corrected chi connectivity index (χ1v) is 5.53. The fraction of sp³-hybridized carbons (Fsp3) is 0.154. The standard InChI is InChI=1S/C13H12N4/c1-10-4-2-5-11(8-10)9-17-13-12(15-16-17)6-3-7-14-13/h2-8H,9H2,1H3. The molecule has 0 atom stereocenters. The van der Waals surface area contributed by atoms with Crippen molar-refractivity contribution in [3.8, 4) is 0 Å². The van der Waals surface area contributed by atoms with Crippen molar-refractivity contribution < 1.29 is 0 Å². The van der Waals surface area contributed by atoms with Crippen molar-refractivity contribution in [3.05, 3.63) is 53.7 Å². The van der Waals surface area contributed by atoms with E-state index in [1.54, 1.807) is 6.20 Å². The molecule has 4 heteroatoms. The minimum absolute atomic E-state index is 0.704. The smallest absolute Gasteiger partial charge is 0.178 e. The summed E-state index contributed by atoms with van der Waals surface area (Å²) in [7, 11) is 0. The zero-order valence-corrected chi connectivity index (χ0v) is 9.54. The van der Waals surface area contributed by atoms with Crippen LogP contribution in [0.25, 0.3) is 11.2 Å². The van der Waals surface area contributed by atoms with Crippen molar-refractivity contribution >= 4 is 11.2 Å². The second-order valence-electron chi connectivity index (χ2n) is 4.08. The van der Waals surface area contributed by atoms with E-state index in [0.29, 0.717) is 6.54 Å². The molecule has 0 bridgehead atoms. The topological polar surface area (TPSA) is 43.6 Å². The summed E-state index contributed by atoms with van der Waals surface area (Å²) in [6.07, 6.45) is 1.76. The normalized spacial score (nSPS) is 10.9. The number of nitrogens with zero attached hydrogens (tertiary/aromatic N) is 4. The molecule has 0 N–H and O–H groups in total. The van der Waals surface area contributed by atoms with E-state index in [1.165, 1.54) is 11.1 Å². The predicted molar refractivity (Wildman–Crippen MR) is 65.6 cm³/mol. The van der Waals surface area contributed by atoms with Crippen molar-refractivity contribution in [2.45, 2.75) is 13.5 Å². The third kappa shape index (κ3) is 1.89. The number of aryl methyl sites for hydroxylation is 1. The third-order valence-electron chi connectivity index (χ3n) is 2.69. The molecule has 1 aromatic carbocycles. The summed E-state index contributed by atoms with van der Waals surface area (Å²) >= 11 is 0. The van der Waals surface area contributed by atoms with Crippen molar-refractivity contribution in [1.82, 2.24) is 20.0 Å². The third-order valence-corrected chi connectivity index (χ3v) is 2.69. The molecule has 0 saturated carbocycles. The Labute approximate surface area is 98.9 Å². The quantitative estimate of drug-likeness (QED) is 0.670. The van der Waals surface area contributed by atoms with Crippen LogP contribution in [0.4, 0.5) is 0 Å². The Balaban J connectivity index is 2.00. The minimum Gasteiger partial charge on any atom is -0.235 e. The number of pyridine rings is 1. The molecule has 17 heavy (non-hydrogen) atoms. The first-order valence-electron chi connectivity index (χ1n) is 5.53. The zero-order chi connectivity index (χ0) is 11.7. The number of hydrogen-bond donors (Lipinski definition) is 0. The van der Waals surface area contributed by atoms with Crippen LogP contribution in [0.2, 0.25) is 0 Å². The van der Waals surface area contributed by atoms with Gasteiger partial charge in [0, 0.05) is 6.20 Å². The van der Waals surface area contributed by atoms with Gasteiger partial charge < -0.3 is 0 Å². The van der Waals surface area contributed by atoms with E-state index in [4.69, 9.17) is 0 Å². The highest BCUT2D eigenvalue weighted by Gasteiger charge is 2.05. The molecule has 0 amide bonds. The highest BCUT2D eigenvalue weighted by molar-refractivity contribution is 5.68. The zero-order valence-electron chi connectivity index (χ0n) is 9.54. The first-order chi connectivity index (χ1) is 8.33. The molecule has 0 spiro atoms. The van der Waals surface area contributed by atoms with E-state index in [9.17, 15) is 0 Å². The van der Waals surface area contributed by atoms with Crippen molar-refractivity contribution in [3.63, 3.8) is 0 Å². The highest BCUT2D eigenvalue weighted by atomic mass is 15.4. The molecule has 0 fully saturated rings. The Morgan fingerprint density at radius 1 is 1.18 bits per heavy atom. The van der Waals surface area contributed by atoms with E-state index in [1.807, 2.05) is 16.8 Å². The maximum Gasteiger partial charge on any atom is 0.178 e. The lowest BCUT2D eigenvalue weighted by Gasteiger charge is -2.02. The van der Waals surface area contributed by atoms with Crippen LogP contribution >= 0.6 is 0 Å². The largest absolute Gasteiger partial charge is 0.235 e. The Hall–Kier alpha value is -2.23. The number of fused-ring (bicyclic) bond motifs is 1. The molecule has 0 aliphatic rings.